The van der Waals surface area contributed by atoms with Crippen molar-refractivity contribution in [2.45, 2.75) is 0 Å². The number of hydrogen-bond donors (Lipinski definition) is 1. The van der Waals surface area contributed by atoms with Crippen molar-refractivity contribution >= 4 is 5.84 Å². The first-order valence-corrected chi connectivity index (χ1v) is 5.01. The third-order valence-corrected chi connectivity index (χ3v) is 2.51. The average Bonchev–Trinajstić information content (AvgIpc) is 2.78. The predicted molar refractivity (Wildman–Crippen MR) is 60.8 cm³/mol. The van der Waals surface area contributed by atoms with E-state index >= 15 is 0 Å². The number of aromatic hydroxyl groups is 1. The molecule has 0 fully saturated rings. The highest BCUT2D eigenvalue weighted by atomic mass is 16.4. The van der Waals surface area contributed by atoms with E-state index in [2.05, 4.69) is 4.98 Å². The van der Waals surface area contributed by atoms with Crippen molar-refractivity contribution in [3.63, 3.8) is 0 Å². The van der Waals surface area contributed by atoms with Crippen LogP contribution < -0.4 is 5.56 Å². The number of rotatable bonds is 1. The minimum absolute atomic E-state index is 0.0761. The molecule has 84 valence electrons. The van der Waals surface area contributed by atoms with Gasteiger partial charge in [-0.3, -0.25) is 4.79 Å². The number of fused-ring (bicyclic) bond motifs is 1. The lowest BCUT2D eigenvalue weighted by Gasteiger charge is -2.02. The van der Waals surface area contributed by atoms with Crippen LogP contribution in [-0.2, 0) is 0 Å². The van der Waals surface area contributed by atoms with Gasteiger partial charge in [0.25, 0.3) is 5.56 Å². The number of nitrogens with zero attached hydrogens (tertiary/aromatic N) is 2. The van der Waals surface area contributed by atoms with E-state index in [1.54, 1.807) is 24.3 Å². The van der Waals surface area contributed by atoms with Crippen LogP contribution >= 0.6 is 0 Å². The molecule has 0 radical (unpaired) electrons. The summed E-state index contributed by atoms with van der Waals surface area (Å²) in [5.74, 6) is -0.247. The standard InChI is InChI=1S/C12H8N2O3/c15-10-9(8-4-2-1-3-5-8)11(16)14-6-7-17-12(14)13-10/h1-7,15H. The Hall–Kier alpha value is -2.56. The summed E-state index contributed by atoms with van der Waals surface area (Å²) >= 11 is 0. The third-order valence-electron chi connectivity index (χ3n) is 2.51. The molecular formula is C12H8N2O3. The molecule has 0 aliphatic heterocycles. The van der Waals surface area contributed by atoms with Gasteiger partial charge in [-0.1, -0.05) is 30.3 Å². The van der Waals surface area contributed by atoms with Crippen LogP contribution in [0.5, 0.6) is 5.88 Å². The van der Waals surface area contributed by atoms with Crippen LogP contribution in [0.3, 0.4) is 0 Å². The second-order valence-corrected chi connectivity index (χ2v) is 3.54. The van der Waals surface area contributed by atoms with E-state index in [-0.39, 0.29) is 22.8 Å². The molecule has 0 aliphatic rings. The molecule has 1 aromatic carbocycles. The Kier molecular flexibility index (Phi) is 1.98. The highest BCUT2D eigenvalue weighted by Gasteiger charge is 2.14. The molecule has 0 amide bonds. The fraction of sp³-hybridized carbons (Fsp3) is 0. The summed E-state index contributed by atoms with van der Waals surface area (Å²) in [6.07, 6.45) is 2.81. The average molecular weight is 228 g/mol. The quantitative estimate of drug-likeness (QED) is 0.687. The van der Waals surface area contributed by atoms with Gasteiger partial charge in [0.05, 0.1) is 6.20 Å². The SMILES string of the molecule is O=c1c(-c2ccccc2)c(O)nc2occn12. The largest absolute Gasteiger partial charge is 0.493 e. The lowest BCUT2D eigenvalue weighted by atomic mass is 10.1. The zero-order chi connectivity index (χ0) is 11.8. The van der Waals surface area contributed by atoms with E-state index in [4.69, 9.17) is 4.42 Å². The molecule has 0 spiro atoms. The summed E-state index contributed by atoms with van der Waals surface area (Å²) < 4.78 is 6.21. The second kappa shape index (κ2) is 3.48. The Bertz CT molecular complexity index is 728. The summed E-state index contributed by atoms with van der Waals surface area (Å²) in [5.41, 5.74) is 0.440. The van der Waals surface area contributed by atoms with Crippen LogP contribution in [-0.4, -0.2) is 14.5 Å². The maximum atomic E-state index is 12.1. The van der Waals surface area contributed by atoms with E-state index in [1.165, 1.54) is 16.9 Å². The van der Waals surface area contributed by atoms with Crippen LogP contribution in [0.2, 0.25) is 0 Å². The van der Waals surface area contributed by atoms with Crippen LogP contribution in [0.15, 0.2) is 52.0 Å². The lowest BCUT2D eigenvalue weighted by Crippen LogP contribution is -2.15. The van der Waals surface area contributed by atoms with Gasteiger partial charge in [-0.25, -0.2) is 4.40 Å². The van der Waals surface area contributed by atoms with Crippen LogP contribution in [0, 0.1) is 0 Å². The molecule has 0 unspecified atom stereocenters. The predicted octanol–water partition coefficient (Wildman–Crippen LogP) is 1.66. The maximum Gasteiger partial charge on any atom is 0.311 e. The lowest BCUT2D eigenvalue weighted by molar-refractivity contribution is 0.449. The second-order valence-electron chi connectivity index (χ2n) is 3.54. The van der Waals surface area contributed by atoms with Crippen molar-refractivity contribution in [1.29, 1.82) is 0 Å². The summed E-state index contributed by atoms with van der Waals surface area (Å²) in [5, 5.41) is 9.78. The zero-order valence-electron chi connectivity index (χ0n) is 8.70. The number of benzene rings is 1. The molecule has 5 heteroatoms. The Labute approximate surface area is 95.6 Å². The molecule has 3 aromatic rings. The number of oxazole rings is 1. The first kappa shape index (κ1) is 9.65. The smallest absolute Gasteiger partial charge is 0.311 e. The van der Waals surface area contributed by atoms with Gasteiger partial charge in [0.15, 0.2) is 0 Å². The minimum Gasteiger partial charge on any atom is -0.493 e. The Morgan fingerprint density at radius 3 is 2.76 bits per heavy atom. The first-order valence-electron chi connectivity index (χ1n) is 5.01. The molecule has 17 heavy (non-hydrogen) atoms. The van der Waals surface area contributed by atoms with Crippen LogP contribution in [0.4, 0.5) is 0 Å². The number of aromatic nitrogens is 2. The molecule has 5 nitrogen and oxygen atoms in total. The molecule has 3 rings (SSSR count). The monoisotopic (exact) mass is 228 g/mol. The van der Waals surface area contributed by atoms with Gasteiger partial charge >= 0.3 is 5.84 Å². The molecule has 0 aliphatic carbocycles. The summed E-state index contributed by atoms with van der Waals surface area (Å²) in [7, 11) is 0. The third kappa shape index (κ3) is 1.40. The number of hydrogen-bond acceptors (Lipinski definition) is 4. The van der Waals surface area contributed by atoms with Gasteiger partial charge in [0.1, 0.15) is 11.8 Å². The van der Waals surface area contributed by atoms with Crippen molar-refractivity contribution in [1.82, 2.24) is 9.38 Å². The highest BCUT2D eigenvalue weighted by Crippen LogP contribution is 2.23. The van der Waals surface area contributed by atoms with Crippen molar-refractivity contribution in [3.05, 3.63) is 53.1 Å². The fourth-order valence-corrected chi connectivity index (χ4v) is 1.73. The Morgan fingerprint density at radius 2 is 2.00 bits per heavy atom. The topological polar surface area (TPSA) is 67.7 Å². The molecule has 0 saturated carbocycles. The van der Waals surface area contributed by atoms with E-state index < -0.39 is 0 Å². The maximum absolute atomic E-state index is 12.1. The van der Waals surface area contributed by atoms with Gasteiger partial charge in [0.2, 0.25) is 5.88 Å². The van der Waals surface area contributed by atoms with E-state index in [0.717, 1.165) is 0 Å². The first-order chi connectivity index (χ1) is 8.27. The molecular weight excluding hydrogens is 220 g/mol. The molecule has 0 atom stereocenters. The molecule has 2 heterocycles. The van der Waals surface area contributed by atoms with Gasteiger partial charge in [-0.2, -0.15) is 4.98 Å². The van der Waals surface area contributed by atoms with Crippen LogP contribution in [0.1, 0.15) is 0 Å². The fourth-order valence-electron chi connectivity index (χ4n) is 1.73. The van der Waals surface area contributed by atoms with Crippen molar-refractivity contribution in [3.8, 4) is 17.0 Å². The van der Waals surface area contributed by atoms with E-state index in [1.807, 2.05) is 6.07 Å². The van der Waals surface area contributed by atoms with Crippen LogP contribution in [0.25, 0.3) is 17.0 Å². The van der Waals surface area contributed by atoms with E-state index in [9.17, 15) is 9.90 Å². The molecule has 2 aromatic heterocycles. The summed E-state index contributed by atoms with van der Waals surface area (Å²) in [6.45, 7) is 0. The van der Waals surface area contributed by atoms with Crippen molar-refractivity contribution < 1.29 is 9.52 Å². The van der Waals surface area contributed by atoms with Gasteiger partial charge in [-0.05, 0) is 5.56 Å². The Balaban J connectivity index is 2.40. The highest BCUT2D eigenvalue weighted by molar-refractivity contribution is 5.68. The molecule has 0 saturated heterocycles. The van der Waals surface area contributed by atoms with E-state index in [0.29, 0.717) is 5.56 Å². The summed E-state index contributed by atoms with van der Waals surface area (Å²) in [6, 6.07) is 8.90. The molecule has 0 bridgehead atoms. The van der Waals surface area contributed by atoms with Crippen molar-refractivity contribution in [2.24, 2.45) is 0 Å². The van der Waals surface area contributed by atoms with Crippen molar-refractivity contribution in [2.75, 3.05) is 0 Å². The molecule has 1 N–H and O–H groups in total. The minimum atomic E-state index is -0.354. The Morgan fingerprint density at radius 1 is 1.24 bits per heavy atom. The normalized spacial score (nSPS) is 10.8. The summed E-state index contributed by atoms with van der Waals surface area (Å²) in [4.78, 5) is 15.9. The van der Waals surface area contributed by atoms with Gasteiger partial charge in [-0.15, -0.1) is 0 Å². The van der Waals surface area contributed by atoms with Gasteiger partial charge in [0, 0.05) is 0 Å². The zero-order valence-corrected chi connectivity index (χ0v) is 8.70. The van der Waals surface area contributed by atoms with Gasteiger partial charge < -0.3 is 9.52 Å².